The molecule has 2 fully saturated rings. The number of hydrogen-bond donors (Lipinski definition) is 2. The first-order chi connectivity index (χ1) is 13.5. The van der Waals surface area contributed by atoms with Gasteiger partial charge in [0.25, 0.3) is 0 Å². The average Bonchev–Trinajstić information content (AvgIpc) is 3.21. The molecular weight excluding hydrogens is 366 g/mol. The first-order valence-electron chi connectivity index (χ1n) is 9.16. The molecule has 0 radical (unpaired) electrons. The molecule has 0 spiro atoms. The Labute approximate surface area is 162 Å². The van der Waals surface area contributed by atoms with Crippen LogP contribution in [0.15, 0.2) is 47.1 Å². The fourth-order valence-corrected chi connectivity index (χ4v) is 3.46. The number of aryl methyl sites for hydroxylation is 1. The van der Waals surface area contributed by atoms with Gasteiger partial charge in [-0.3, -0.25) is 4.79 Å². The van der Waals surface area contributed by atoms with E-state index in [4.69, 9.17) is 23.4 Å². The van der Waals surface area contributed by atoms with Gasteiger partial charge in [0.2, 0.25) is 18.5 Å². The number of fused-ring (bicyclic) bond motifs is 1. The van der Waals surface area contributed by atoms with Crippen LogP contribution in [0.25, 0.3) is 0 Å². The normalized spacial score (nSPS) is 32.4. The molecule has 2 saturated heterocycles. The minimum Gasteiger partial charge on any atom is -0.464 e. The maximum atomic E-state index is 11.7. The van der Waals surface area contributed by atoms with Crippen molar-refractivity contribution in [1.82, 2.24) is 5.32 Å². The Bertz CT molecular complexity index is 809. The number of benzene rings is 1. The van der Waals surface area contributed by atoms with Crippen LogP contribution < -0.4 is 10.1 Å². The zero-order valence-electron chi connectivity index (χ0n) is 15.6. The van der Waals surface area contributed by atoms with Crippen molar-refractivity contribution < 1.29 is 33.3 Å². The van der Waals surface area contributed by atoms with E-state index in [9.17, 15) is 9.90 Å². The van der Waals surface area contributed by atoms with Gasteiger partial charge in [-0.15, -0.1) is 0 Å². The van der Waals surface area contributed by atoms with Crippen molar-refractivity contribution in [3.8, 4) is 5.75 Å². The summed E-state index contributed by atoms with van der Waals surface area (Å²) < 4.78 is 28.9. The minimum absolute atomic E-state index is 0.188. The highest BCUT2D eigenvalue weighted by Gasteiger charge is 2.51. The lowest BCUT2D eigenvalue weighted by molar-refractivity contribution is -0.336. The number of aliphatic hydroxyl groups excluding tert-OH is 1. The minimum atomic E-state index is -1.06. The number of carbonyl (C=O) groups is 1. The molecule has 2 N–H and O–H groups in total. The first kappa shape index (κ1) is 18.9. The van der Waals surface area contributed by atoms with E-state index in [1.165, 1.54) is 13.2 Å². The van der Waals surface area contributed by atoms with E-state index in [1.54, 1.807) is 12.1 Å². The van der Waals surface area contributed by atoms with Crippen molar-refractivity contribution in [2.75, 3.05) is 6.61 Å². The van der Waals surface area contributed by atoms with Crippen molar-refractivity contribution >= 4 is 5.91 Å². The topological polar surface area (TPSA) is 99.4 Å². The third-order valence-corrected chi connectivity index (χ3v) is 4.85. The zero-order chi connectivity index (χ0) is 19.7. The fourth-order valence-electron chi connectivity index (χ4n) is 3.46. The van der Waals surface area contributed by atoms with E-state index in [0.717, 1.165) is 5.56 Å². The molecule has 2 aliphatic heterocycles. The Balaban J connectivity index is 1.55. The van der Waals surface area contributed by atoms with Crippen LogP contribution in [-0.4, -0.2) is 48.3 Å². The Morgan fingerprint density at radius 3 is 2.75 bits per heavy atom. The first-order valence-corrected chi connectivity index (χ1v) is 9.16. The molecule has 2 aliphatic rings. The van der Waals surface area contributed by atoms with Crippen LogP contribution in [0.3, 0.4) is 0 Å². The van der Waals surface area contributed by atoms with Crippen LogP contribution in [0.1, 0.15) is 24.5 Å². The lowest BCUT2D eigenvalue weighted by Crippen LogP contribution is -2.67. The molecule has 4 rings (SSSR count). The summed E-state index contributed by atoms with van der Waals surface area (Å²) in [6.07, 6.45) is -2.45. The van der Waals surface area contributed by atoms with E-state index in [-0.39, 0.29) is 12.5 Å². The smallest absolute Gasteiger partial charge is 0.223 e. The molecule has 28 heavy (non-hydrogen) atoms. The quantitative estimate of drug-likeness (QED) is 0.821. The molecule has 0 aliphatic carbocycles. The molecule has 2 aromatic rings. The summed E-state index contributed by atoms with van der Waals surface area (Å²) >= 11 is 0. The van der Waals surface area contributed by atoms with Crippen LogP contribution in [0.4, 0.5) is 0 Å². The molecule has 6 atom stereocenters. The Hall–Kier alpha value is -2.39. The predicted octanol–water partition coefficient (Wildman–Crippen LogP) is 1.67. The average molecular weight is 389 g/mol. The highest BCUT2D eigenvalue weighted by molar-refractivity contribution is 5.73. The van der Waals surface area contributed by atoms with Gasteiger partial charge in [-0.1, -0.05) is 18.2 Å². The van der Waals surface area contributed by atoms with Crippen LogP contribution in [0.2, 0.25) is 0 Å². The van der Waals surface area contributed by atoms with Gasteiger partial charge in [0, 0.05) is 6.92 Å². The maximum Gasteiger partial charge on any atom is 0.223 e. The molecular formula is C20H23NO7. The van der Waals surface area contributed by atoms with Gasteiger partial charge in [-0.05, 0) is 30.7 Å². The number of aliphatic hydroxyl groups is 1. The summed E-state index contributed by atoms with van der Waals surface area (Å²) in [4.78, 5) is 11.7. The van der Waals surface area contributed by atoms with Crippen LogP contribution >= 0.6 is 0 Å². The van der Waals surface area contributed by atoms with E-state index >= 15 is 0 Å². The molecule has 150 valence electrons. The molecule has 0 unspecified atom stereocenters. The molecule has 8 heteroatoms. The van der Waals surface area contributed by atoms with E-state index in [0.29, 0.717) is 11.5 Å². The molecule has 0 bridgehead atoms. The maximum absolute atomic E-state index is 11.7. The number of amides is 1. The largest absolute Gasteiger partial charge is 0.464 e. The third kappa shape index (κ3) is 3.77. The predicted molar refractivity (Wildman–Crippen MR) is 96.4 cm³/mol. The van der Waals surface area contributed by atoms with E-state index in [2.05, 4.69) is 5.32 Å². The number of rotatable bonds is 4. The number of carbonyl (C=O) groups excluding carboxylic acids is 1. The standard InChI is InChI=1S/C20H23NO7/c1-11-6-3-4-7-13(11)26-20-16(21-12(2)22)17(23)18-15(27-20)10-25-19(28-18)14-8-5-9-24-14/h3-9,15-20,23H,10H2,1-2H3,(H,21,22)/t15-,16+,17-,18+,19+,20-/m1/s1. The second-order valence-corrected chi connectivity index (χ2v) is 6.92. The van der Waals surface area contributed by atoms with E-state index in [1.807, 2.05) is 31.2 Å². The molecule has 3 heterocycles. The Morgan fingerprint density at radius 2 is 2.04 bits per heavy atom. The van der Waals surface area contributed by atoms with Gasteiger partial charge in [-0.2, -0.15) is 0 Å². The van der Waals surface area contributed by atoms with Crippen molar-refractivity contribution in [3.63, 3.8) is 0 Å². The van der Waals surface area contributed by atoms with Crippen molar-refractivity contribution in [3.05, 3.63) is 54.0 Å². The van der Waals surface area contributed by atoms with Gasteiger partial charge in [0.15, 0.2) is 5.76 Å². The summed E-state index contributed by atoms with van der Waals surface area (Å²) in [5, 5.41) is 13.7. The van der Waals surface area contributed by atoms with Gasteiger partial charge in [0.1, 0.15) is 30.1 Å². The second-order valence-electron chi connectivity index (χ2n) is 6.92. The monoisotopic (exact) mass is 389 g/mol. The number of nitrogens with one attached hydrogen (secondary N) is 1. The summed E-state index contributed by atoms with van der Waals surface area (Å²) in [6.45, 7) is 3.47. The molecule has 0 saturated carbocycles. The van der Waals surface area contributed by atoms with Gasteiger partial charge >= 0.3 is 0 Å². The highest BCUT2D eigenvalue weighted by atomic mass is 16.8. The SMILES string of the molecule is CC(=O)N[C@@H]1[C@H](Oc2ccccc2C)O[C@@H]2CO[C@H](c3ccco3)O[C@@H]2[C@@H]1O. The number of hydrogen-bond acceptors (Lipinski definition) is 7. The summed E-state index contributed by atoms with van der Waals surface area (Å²) in [7, 11) is 0. The van der Waals surface area contributed by atoms with Crippen molar-refractivity contribution in [2.24, 2.45) is 0 Å². The Morgan fingerprint density at radius 1 is 1.21 bits per heavy atom. The summed E-state index contributed by atoms with van der Waals surface area (Å²) in [5.41, 5.74) is 0.915. The highest BCUT2D eigenvalue weighted by Crippen LogP contribution is 2.35. The second kappa shape index (κ2) is 7.92. The molecule has 8 nitrogen and oxygen atoms in total. The van der Waals surface area contributed by atoms with Gasteiger partial charge < -0.3 is 33.8 Å². The van der Waals surface area contributed by atoms with Crippen molar-refractivity contribution in [2.45, 2.75) is 50.8 Å². The number of ether oxygens (including phenoxy) is 4. The van der Waals surface area contributed by atoms with Crippen molar-refractivity contribution in [1.29, 1.82) is 0 Å². The molecule has 1 aromatic carbocycles. The molecule has 1 amide bonds. The third-order valence-electron chi connectivity index (χ3n) is 4.85. The lowest BCUT2D eigenvalue weighted by atomic mass is 9.96. The number of para-hydroxylation sites is 1. The van der Waals surface area contributed by atoms with Crippen LogP contribution in [0, 0.1) is 6.92 Å². The Kier molecular flexibility index (Phi) is 5.36. The number of furan rings is 1. The summed E-state index contributed by atoms with van der Waals surface area (Å²) in [5.74, 6) is 0.804. The van der Waals surface area contributed by atoms with Gasteiger partial charge in [0.05, 0.1) is 12.9 Å². The van der Waals surface area contributed by atoms with Crippen LogP contribution in [0.5, 0.6) is 5.75 Å². The zero-order valence-corrected chi connectivity index (χ0v) is 15.6. The lowest BCUT2D eigenvalue weighted by Gasteiger charge is -2.47. The van der Waals surface area contributed by atoms with Crippen LogP contribution in [-0.2, 0) is 19.0 Å². The summed E-state index contributed by atoms with van der Waals surface area (Å²) in [6, 6.07) is 10.1. The van der Waals surface area contributed by atoms with E-state index < -0.39 is 36.9 Å². The fraction of sp³-hybridized carbons (Fsp3) is 0.450. The molecule has 1 aromatic heterocycles. The van der Waals surface area contributed by atoms with Gasteiger partial charge in [-0.25, -0.2) is 0 Å².